The minimum absolute atomic E-state index is 0.0111. The third-order valence-corrected chi connectivity index (χ3v) is 4.57. The maximum atomic E-state index is 11.0. The largest absolute Gasteiger partial charge is 0.508 e. The van der Waals surface area contributed by atoms with Crippen molar-refractivity contribution in [2.45, 2.75) is 0 Å². The molecule has 31 heavy (non-hydrogen) atoms. The summed E-state index contributed by atoms with van der Waals surface area (Å²) in [6.07, 6.45) is 0. The number of aliphatic hydroxyl groups is 1. The lowest BCUT2D eigenvalue weighted by Crippen LogP contribution is -1.97. The smallest absolute Gasteiger partial charge is 0.170 e. The fourth-order valence-corrected chi connectivity index (χ4v) is 3.14. The van der Waals surface area contributed by atoms with E-state index in [0.717, 1.165) is 0 Å². The summed E-state index contributed by atoms with van der Waals surface area (Å²) in [5.41, 5.74) is 2.11. The van der Waals surface area contributed by atoms with Crippen LogP contribution >= 0.6 is 0 Å². The van der Waals surface area contributed by atoms with Gasteiger partial charge in [-0.05, 0) is 41.5 Å². The lowest BCUT2D eigenvalue weighted by atomic mass is 9.96. The molecule has 0 amide bonds. The average molecular weight is 422 g/mol. The van der Waals surface area contributed by atoms with E-state index in [9.17, 15) is 15.3 Å². The monoisotopic (exact) mass is 422 g/mol. The van der Waals surface area contributed by atoms with Gasteiger partial charge in [0.1, 0.15) is 24.7 Å². The second-order valence-electron chi connectivity index (χ2n) is 6.41. The summed E-state index contributed by atoms with van der Waals surface area (Å²) in [6.45, 7) is -0.257. The van der Waals surface area contributed by atoms with Crippen LogP contribution in [0.15, 0.2) is 48.5 Å². The number of benzene rings is 3. The Kier molecular flexibility index (Phi) is 6.75. The fraction of sp³-hybridized carbons (Fsp3) is 0.167. The van der Waals surface area contributed by atoms with Crippen molar-refractivity contribution in [3.63, 3.8) is 0 Å². The van der Waals surface area contributed by atoms with Gasteiger partial charge in [-0.25, -0.2) is 0 Å². The predicted octanol–water partition coefficient (Wildman–Crippen LogP) is 3.53. The standard InChI is InChI=1S/C24H22O7/c1-29-21-14-18(15-5-8-17(26)9-6-15)24(30-2)23(28)22(21)16-7-10-20(19(27)13-16)31-12-4-3-11-25/h5-10,13-14,25-28H,11-12H2,1-2H3. The minimum Gasteiger partial charge on any atom is -0.508 e. The highest BCUT2D eigenvalue weighted by Crippen LogP contribution is 2.50. The van der Waals surface area contributed by atoms with Crippen LogP contribution in [0.5, 0.6) is 34.5 Å². The number of rotatable bonds is 6. The summed E-state index contributed by atoms with van der Waals surface area (Å²) in [5, 5.41) is 39.6. The van der Waals surface area contributed by atoms with Crippen LogP contribution in [0.4, 0.5) is 0 Å². The molecule has 7 heteroatoms. The Morgan fingerprint density at radius 3 is 2.13 bits per heavy atom. The molecule has 3 aromatic rings. The third-order valence-electron chi connectivity index (χ3n) is 4.57. The Morgan fingerprint density at radius 2 is 1.52 bits per heavy atom. The van der Waals surface area contributed by atoms with E-state index < -0.39 is 0 Å². The van der Waals surface area contributed by atoms with Crippen LogP contribution in [0.2, 0.25) is 0 Å². The van der Waals surface area contributed by atoms with Crippen molar-refractivity contribution in [3.8, 4) is 68.6 Å². The normalized spacial score (nSPS) is 10.2. The first kappa shape index (κ1) is 21.7. The van der Waals surface area contributed by atoms with Crippen LogP contribution in [-0.4, -0.2) is 47.9 Å². The molecule has 7 nitrogen and oxygen atoms in total. The highest BCUT2D eigenvalue weighted by molar-refractivity contribution is 5.88. The molecule has 0 spiro atoms. The van der Waals surface area contributed by atoms with Gasteiger partial charge in [-0.3, -0.25) is 0 Å². The summed E-state index contributed by atoms with van der Waals surface area (Å²) >= 11 is 0. The number of hydrogen-bond acceptors (Lipinski definition) is 7. The first-order valence-electron chi connectivity index (χ1n) is 9.30. The van der Waals surface area contributed by atoms with Gasteiger partial charge in [0.05, 0.1) is 19.8 Å². The lowest BCUT2D eigenvalue weighted by Gasteiger charge is -2.18. The highest BCUT2D eigenvalue weighted by Gasteiger charge is 2.22. The van der Waals surface area contributed by atoms with Crippen molar-refractivity contribution in [2.75, 3.05) is 27.4 Å². The van der Waals surface area contributed by atoms with Crippen LogP contribution < -0.4 is 14.2 Å². The summed E-state index contributed by atoms with van der Waals surface area (Å²) in [5.74, 6) is 5.66. The Hall–Kier alpha value is -4.02. The Labute approximate surface area is 179 Å². The quantitative estimate of drug-likeness (QED) is 0.450. The molecule has 0 unspecified atom stereocenters. The number of ether oxygens (including phenoxy) is 3. The van der Waals surface area contributed by atoms with Crippen LogP contribution in [0.1, 0.15) is 0 Å². The third kappa shape index (κ3) is 4.60. The number of phenols is 3. The Balaban J connectivity index is 2.07. The summed E-state index contributed by atoms with van der Waals surface area (Å²) in [4.78, 5) is 0. The van der Waals surface area contributed by atoms with Crippen molar-refractivity contribution in [1.82, 2.24) is 0 Å². The van der Waals surface area contributed by atoms with Gasteiger partial charge >= 0.3 is 0 Å². The fourth-order valence-electron chi connectivity index (χ4n) is 3.14. The van der Waals surface area contributed by atoms with E-state index in [0.29, 0.717) is 28.0 Å². The highest BCUT2D eigenvalue weighted by atomic mass is 16.5. The first-order chi connectivity index (χ1) is 15.0. The summed E-state index contributed by atoms with van der Waals surface area (Å²) in [7, 11) is 2.92. The van der Waals surface area contributed by atoms with Crippen molar-refractivity contribution in [3.05, 3.63) is 48.5 Å². The van der Waals surface area contributed by atoms with Crippen LogP contribution in [-0.2, 0) is 0 Å². The molecule has 160 valence electrons. The van der Waals surface area contributed by atoms with Gasteiger partial charge in [0.2, 0.25) is 0 Å². The van der Waals surface area contributed by atoms with Gasteiger partial charge in [-0.1, -0.05) is 30.0 Å². The molecule has 4 N–H and O–H groups in total. The maximum absolute atomic E-state index is 11.0. The number of phenolic OH excluding ortho intramolecular Hbond substituents is 3. The van der Waals surface area contributed by atoms with E-state index in [4.69, 9.17) is 19.3 Å². The van der Waals surface area contributed by atoms with Crippen molar-refractivity contribution >= 4 is 0 Å². The zero-order chi connectivity index (χ0) is 22.4. The predicted molar refractivity (Wildman–Crippen MR) is 116 cm³/mol. The van der Waals surface area contributed by atoms with Crippen LogP contribution in [0, 0.1) is 11.8 Å². The first-order valence-corrected chi connectivity index (χ1v) is 9.30. The van der Waals surface area contributed by atoms with Crippen LogP contribution in [0.3, 0.4) is 0 Å². The molecule has 0 bridgehead atoms. The minimum atomic E-state index is -0.269. The van der Waals surface area contributed by atoms with Gasteiger partial charge in [0.15, 0.2) is 23.0 Å². The molecule has 0 heterocycles. The second kappa shape index (κ2) is 9.65. The number of hydrogen-bond donors (Lipinski definition) is 4. The average Bonchev–Trinajstić information content (AvgIpc) is 2.77. The van der Waals surface area contributed by atoms with Gasteiger partial charge in [0.25, 0.3) is 0 Å². The van der Waals surface area contributed by atoms with E-state index in [2.05, 4.69) is 11.8 Å². The molecule has 0 atom stereocenters. The number of aliphatic hydroxyl groups excluding tert-OH is 1. The number of methoxy groups -OCH3 is 2. The molecular formula is C24H22O7. The van der Waals surface area contributed by atoms with Gasteiger partial charge in [-0.15, -0.1) is 0 Å². The van der Waals surface area contributed by atoms with Crippen molar-refractivity contribution in [1.29, 1.82) is 0 Å². The molecule has 0 aliphatic rings. The second-order valence-corrected chi connectivity index (χ2v) is 6.41. The molecule has 0 fully saturated rings. The molecular weight excluding hydrogens is 400 g/mol. The summed E-state index contributed by atoms with van der Waals surface area (Å²) in [6, 6.07) is 12.8. The Bertz CT molecular complexity index is 1130. The van der Waals surface area contributed by atoms with E-state index in [-0.39, 0.29) is 42.0 Å². The van der Waals surface area contributed by atoms with Gasteiger partial charge in [-0.2, -0.15) is 0 Å². The molecule has 0 radical (unpaired) electrons. The SMILES string of the molecule is COc1cc(-c2ccc(O)cc2)c(OC)c(O)c1-c1ccc(OCC#CCO)c(O)c1. The molecule has 0 aliphatic heterocycles. The summed E-state index contributed by atoms with van der Waals surface area (Å²) < 4.78 is 16.3. The molecule has 0 aromatic heterocycles. The molecule has 3 rings (SSSR count). The zero-order valence-corrected chi connectivity index (χ0v) is 17.0. The molecule has 0 saturated heterocycles. The van der Waals surface area contributed by atoms with E-state index >= 15 is 0 Å². The molecule has 3 aromatic carbocycles. The van der Waals surface area contributed by atoms with Gasteiger partial charge < -0.3 is 34.6 Å². The molecule has 0 saturated carbocycles. The van der Waals surface area contributed by atoms with E-state index in [1.165, 1.54) is 32.4 Å². The number of aromatic hydroxyl groups is 3. The zero-order valence-electron chi connectivity index (χ0n) is 17.0. The molecule has 0 aliphatic carbocycles. The van der Waals surface area contributed by atoms with Crippen LogP contribution in [0.25, 0.3) is 22.3 Å². The van der Waals surface area contributed by atoms with Crippen molar-refractivity contribution < 1.29 is 34.6 Å². The topological polar surface area (TPSA) is 109 Å². The van der Waals surface area contributed by atoms with Gasteiger partial charge in [0, 0.05) is 5.56 Å². The van der Waals surface area contributed by atoms with E-state index in [1.54, 1.807) is 30.3 Å². The lowest BCUT2D eigenvalue weighted by molar-refractivity contribution is 0.338. The van der Waals surface area contributed by atoms with E-state index in [1.807, 2.05) is 0 Å². The van der Waals surface area contributed by atoms with Crippen molar-refractivity contribution in [2.24, 2.45) is 0 Å². The Morgan fingerprint density at radius 1 is 0.806 bits per heavy atom. The maximum Gasteiger partial charge on any atom is 0.170 e.